The van der Waals surface area contributed by atoms with Crippen LogP contribution >= 0.6 is 27.5 Å². The molecule has 1 heterocycles. The second-order valence-electron chi connectivity index (χ2n) is 4.70. The number of hydrogen-bond donors (Lipinski definition) is 0. The summed E-state index contributed by atoms with van der Waals surface area (Å²) in [4.78, 5) is 4.32. The highest BCUT2D eigenvalue weighted by Crippen LogP contribution is 2.26. The third kappa shape index (κ3) is 3.36. The quantitative estimate of drug-likeness (QED) is 0.583. The minimum atomic E-state index is 0.520. The third-order valence-electron chi connectivity index (χ3n) is 3.23. The van der Waals surface area contributed by atoms with Crippen molar-refractivity contribution in [3.63, 3.8) is 0 Å². The number of alkyl halides is 1. The minimum absolute atomic E-state index is 0.520. The van der Waals surface area contributed by atoms with Crippen molar-refractivity contribution >= 4 is 38.4 Å². The van der Waals surface area contributed by atoms with Gasteiger partial charge in [0.05, 0.1) is 5.52 Å². The van der Waals surface area contributed by atoms with Crippen LogP contribution in [0.1, 0.15) is 11.1 Å². The Kier molecular flexibility index (Phi) is 4.42. The lowest BCUT2D eigenvalue weighted by molar-refractivity contribution is 0.304. The summed E-state index contributed by atoms with van der Waals surface area (Å²) in [5.74, 6) is 0.850. The van der Waals surface area contributed by atoms with Crippen LogP contribution in [0.15, 0.2) is 54.7 Å². The van der Waals surface area contributed by atoms with Crippen molar-refractivity contribution in [2.45, 2.75) is 11.9 Å². The van der Waals surface area contributed by atoms with E-state index in [1.807, 2.05) is 36.4 Å². The number of fused-ring (bicyclic) bond motifs is 1. The highest BCUT2D eigenvalue weighted by atomic mass is 79.9. The molecule has 0 fully saturated rings. The van der Waals surface area contributed by atoms with Crippen LogP contribution in [-0.2, 0) is 11.9 Å². The Morgan fingerprint density at radius 1 is 1.10 bits per heavy atom. The van der Waals surface area contributed by atoms with Crippen molar-refractivity contribution < 1.29 is 4.74 Å². The lowest BCUT2D eigenvalue weighted by Crippen LogP contribution is -1.98. The highest BCUT2D eigenvalue weighted by Gasteiger charge is 2.05. The molecule has 2 nitrogen and oxygen atoms in total. The topological polar surface area (TPSA) is 22.1 Å². The van der Waals surface area contributed by atoms with E-state index in [1.165, 1.54) is 0 Å². The monoisotopic (exact) mass is 361 g/mol. The van der Waals surface area contributed by atoms with Crippen molar-refractivity contribution in [2.75, 3.05) is 0 Å². The molecule has 0 saturated heterocycles. The molecule has 0 aliphatic rings. The van der Waals surface area contributed by atoms with Crippen LogP contribution in [0, 0.1) is 0 Å². The summed E-state index contributed by atoms with van der Waals surface area (Å²) in [5.41, 5.74) is 3.16. The van der Waals surface area contributed by atoms with Gasteiger partial charge in [0.15, 0.2) is 0 Å². The van der Waals surface area contributed by atoms with Crippen LogP contribution in [0.25, 0.3) is 10.9 Å². The van der Waals surface area contributed by atoms with Crippen LogP contribution in [0.4, 0.5) is 0 Å². The van der Waals surface area contributed by atoms with Crippen LogP contribution in [0.2, 0.25) is 5.02 Å². The van der Waals surface area contributed by atoms with E-state index < -0.39 is 0 Å². The molecule has 0 spiro atoms. The molecule has 2 aromatic carbocycles. The van der Waals surface area contributed by atoms with Crippen LogP contribution in [0.3, 0.4) is 0 Å². The molecule has 0 saturated carbocycles. The largest absolute Gasteiger partial charge is 0.489 e. The second kappa shape index (κ2) is 6.46. The number of nitrogens with zero attached hydrogens (tertiary/aromatic N) is 1. The fourth-order valence-electron chi connectivity index (χ4n) is 2.17. The number of aromatic nitrogens is 1. The molecule has 3 aromatic rings. The SMILES string of the molecule is Clc1ccc(OCc2ccc3ncccc3c2)c(CBr)c1. The fourth-order valence-corrected chi connectivity index (χ4v) is 2.80. The molecule has 0 unspecified atom stereocenters. The van der Waals surface area contributed by atoms with Crippen LogP contribution in [0.5, 0.6) is 5.75 Å². The van der Waals surface area contributed by atoms with E-state index in [-0.39, 0.29) is 0 Å². The molecule has 0 amide bonds. The number of ether oxygens (including phenoxy) is 1. The predicted octanol–water partition coefficient (Wildman–Crippen LogP) is 5.36. The maximum atomic E-state index is 5.99. The van der Waals surface area contributed by atoms with Crippen molar-refractivity contribution in [3.05, 3.63) is 70.9 Å². The van der Waals surface area contributed by atoms with Gasteiger partial charge in [-0.05, 0) is 42.0 Å². The zero-order valence-electron chi connectivity index (χ0n) is 11.2. The number of hydrogen-bond acceptors (Lipinski definition) is 2. The van der Waals surface area contributed by atoms with Gasteiger partial charge >= 0.3 is 0 Å². The third-order valence-corrected chi connectivity index (χ3v) is 4.07. The summed E-state index contributed by atoms with van der Waals surface area (Å²) < 4.78 is 5.91. The normalized spacial score (nSPS) is 10.8. The Hall–Kier alpha value is -1.58. The summed E-state index contributed by atoms with van der Waals surface area (Å²) >= 11 is 9.45. The molecule has 0 atom stereocenters. The molecule has 3 rings (SSSR count). The van der Waals surface area contributed by atoms with Gasteiger partial charge in [0, 0.05) is 27.5 Å². The van der Waals surface area contributed by atoms with E-state index in [0.717, 1.165) is 27.8 Å². The Bertz CT molecular complexity index is 776. The van der Waals surface area contributed by atoms with Crippen LogP contribution < -0.4 is 4.74 Å². The van der Waals surface area contributed by atoms with Gasteiger partial charge in [0.2, 0.25) is 0 Å². The zero-order chi connectivity index (χ0) is 14.7. The average Bonchev–Trinajstić information content (AvgIpc) is 2.53. The number of benzene rings is 2. The predicted molar refractivity (Wildman–Crippen MR) is 90.2 cm³/mol. The summed E-state index contributed by atoms with van der Waals surface area (Å²) in [6.45, 7) is 0.520. The molecule has 21 heavy (non-hydrogen) atoms. The highest BCUT2D eigenvalue weighted by molar-refractivity contribution is 9.08. The van der Waals surface area contributed by atoms with Gasteiger partial charge in [-0.1, -0.05) is 39.7 Å². The van der Waals surface area contributed by atoms with E-state index >= 15 is 0 Å². The second-order valence-corrected chi connectivity index (χ2v) is 5.70. The molecule has 0 bridgehead atoms. The Morgan fingerprint density at radius 3 is 2.86 bits per heavy atom. The van der Waals surface area contributed by atoms with Gasteiger partial charge in [-0.2, -0.15) is 0 Å². The van der Waals surface area contributed by atoms with Gasteiger partial charge in [0.1, 0.15) is 12.4 Å². The molecule has 4 heteroatoms. The maximum absolute atomic E-state index is 5.99. The average molecular weight is 363 g/mol. The van der Waals surface area contributed by atoms with Crippen molar-refractivity contribution in [1.82, 2.24) is 4.98 Å². The van der Waals surface area contributed by atoms with Gasteiger partial charge in [0.25, 0.3) is 0 Å². The van der Waals surface area contributed by atoms with Gasteiger partial charge in [-0.3, -0.25) is 4.98 Å². The van der Waals surface area contributed by atoms with Crippen molar-refractivity contribution in [1.29, 1.82) is 0 Å². The van der Waals surface area contributed by atoms with Crippen LogP contribution in [-0.4, -0.2) is 4.98 Å². The first kappa shape index (κ1) is 14.4. The molecule has 0 radical (unpaired) electrons. The van der Waals surface area contributed by atoms with E-state index in [1.54, 1.807) is 6.20 Å². The number of rotatable bonds is 4. The first-order chi connectivity index (χ1) is 10.3. The smallest absolute Gasteiger partial charge is 0.123 e. The van der Waals surface area contributed by atoms with E-state index in [0.29, 0.717) is 17.0 Å². The van der Waals surface area contributed by atoms with Gasteiger partial charge in [-0.25, -0.2) is 0 Å². The van der Waals surface area contributed by atoms with E-state index in [9.17, 15) is 0 Å². The first-order valence-electron chi connectivity index (χ1n) is 6.57. The Balaban J connectivity index is 1.80. The van der Waals surface area contributed by atoms with Crippen molar-refractivity contribution in [2.24, 2.45) is 0 Å². The fraction of sp³-hybridized carbons (Fsp3) is 0.118. The first-order valence-corrected chi connectivity index (χ1v) is 8.07. The lowest BCUT2D eigenvalue weighted by atomic mass is 10.1. The molecule has 1 aromatic heterocycles. The molecular weight excluding hydrogens is 350 g/mol. The molecular formula is C17H13BrClNO. The number of halogens is 2. The summed E-state index contributed by atoms with van der Waals surface area (Å²) in [6, 6.07) is 15.8. The van der Waals surface area contributed by atoms with Gasteiger partial charge in [-0.15, -0.1) is 0 Å². The zero-order valence-corrected chi connectivity index (χ0v) is 13.6. The summed E-state index contributed by atoms with van der Waals surface area (Å²) in [5, 5.41) is 2.55. The van der Waals surface area contributed by atoms with E-state index in [2.05, 4.69) is 33.0 Å². The molecule has 0 aliphatic heterocycles. The molecule has 0 N–H and O–H groups in total. The van der Waals surface area contributed by atoms with Gasteiger partial charge < -0.3 is 4.74 Å². The Labute approximate surface area is 136 Å². The Morgan fingerprint density at radius 2 is 2.00 bits per heavy atom. The molecule has 0 aliphatic carbocycles. The summed E-state index contributed by atoms with van der Waals surface area (Å²) in [6.07, 6.45) is 1.80. The maximum Gasteiger partial charge on any atom is 0.123 e. The van der Waals surface area contributed by atoms with E-state index in [4.69, 9.17) is 16.3 Å². The number of pyridine rings is 1. The minimum Gasteiger partial charge on any atom is -0.489 e. The standard InChI is InChI=1S/C17H13BrClNO/c18-10-14-9-15(19)4-6-17(14)21-11-12-3-5-16-13(8-12)2-1-7-20-16/h1-9H,10-11H2. The lowest BCUT2D eigenvalue weighted by Gasteiger charge is -2.11. The summed E-state index contributed by atoms with van der Waals surface area (Å²) in [7, 11) is 0. The molecule has 106 valence electrons. The van der Waals surface area contributed by atoms with Crippen molar-refractivity contribution in [3.8, 4) is 5.75 Å².